The predicted octanol–water partition coefficient (Wildman–Crippen LogP) is 1.86. The molecule has 3 heteroatoms. The molecule has 1 atom stereocenters. The first-order valence-electron chi connectivity index (χ1n) is 5.93. The lowest BCUT2D eigenvalue weighted by Crippen LogP contribution is -2.39. The Labute approximate surface area is 95.3 Å². The predicted molar refractivity (Wildman–Crippen MR) is 64.3 cm³/mol. The maximum atomic E-state index is 3.58. The second-order valence-corrected chi connectivity index (χ2v) is 5.65. The number of hydrogen-bond acceptors (Lipinski definition) is 3. The molecule has 1 fully saturated rings. The lowest BCUT2D eigenvalue weighted by atomic mass is 10.1. The van der Waals surface area contributed by atoms with E-state index in [0.717, 1.165) is 6.04 Å². The van der Waals surface area contributed by atoms with Crippen LogP contribution in [0.25, 0.3) is 0 Å². The number of nitrogens with zero attached hydrogens (tertiary/aromatic N) is 1. The van der Waals surface area contributed by atoms with Gasteiger partial charge < -0.3 is 5.32 Å². The fourth-order valence-corrected chi connectivity index (χ4v) is 3.58. The van der Waals surface area contributed by atoms with Gasteiger partial charge in [0.2, 0.25) is 0 Å². The van der Waals surface area contributed by atoms with Crippen LogP contribution >= 0.6 is 11.3 Å². The van der Waals surface area contributed by atoms with Crippen LogP contribution < -0.4 is 5.32 Å². The van der Waals surface area contributed by atoms with Crippen molar-refractivity contribution in [2.24, 2.45) is 0 Å². The first-order chi connectivity index (χ1) is 7.42. The van der Waals surface area contributed by atoms with Crippen molar-refractivity contribution in [2.45, 2.75) is 31.8 Å². The molecule has 2 aliphatic heterocycles. The summed E-state index contributed by atoms with van der Waals surface area (Å²) < 4.78 is 0. The van der Waals surface area contributed by atoms with Crippen LogP contribution in [-0.2, 0) is 13.0 Å². The molecule has 0 amide bonds. The van der Waals surface area contributed by atoms with Crippen LogP contribution in [0.5, 0.6) is 0 Å². The van der Waals surface area contributed by atoms with Crippen molar-refractivity contribution < 1.29 is 0 Å². The van der Waals surface area contributed by atoms with Gasteiger partial charge in [-0.15, -0.1) is 11.3 Å². The monoisotopic (exact) mass is 222 g/mol. The fourth-order valence-electron chi connectivity index (χ4n) is 2.69. The van der Waals surface area contributed by atoms with E-state index in [9.17, 15) is 0 Å². The summed E-state index contributed by atoms with van der Waals surface area (Å²) in [4.78, 5) is 4.23. The standard InChI is InChI=1S/C12H18N2S/c1-2-11(13-5-1)9-14-6-3-12-10(8-14)4-7-15-12/h4,7,11,13H,1-3,5-6,8-9H2/t11-/m1/s1. The number of hydrogen-bond donors (Lipinski definition) is 1. The van der Waals surface area contributed by atoms with Crippen molar-refractivity contribution >= 4 is 11.3 Å². The highest BCUT2D eigenvalue weighted by Gasteiger charge is 2.21. The number of nitrogens with one attached hydrogen (secondary N) is 1. The van der Waals surface area contributed by atoms with E-state index < -0.39 is 0 Å². The minimum Gasteiger partial charge on any atom is -0.313 e. The molecule has 1 N–H and O–H groups in total. The van der Waals surface area contributed by atoms with Crippen molar-refractivity contribution in [2.75, 3.05) is 19.6 Å². The molecule has 1 saturated heterocycles. The molecule has 0 aromatic carbocycles. The third-order valence-corrected chi connectivity index (χ3v) is 4.55. The van der Waals surface area contributed by atoms with E-state index in [0.29, 0.717) is 0 Å². The van der Waals surface area contributed by atoms with Gasteiger partial charge in [0.05, 0.1) is 0 Å². The van der Waals surface area contributed by atoms with Gasteiger partial charge in [-0.05, 0) is 42.8 Å². The SMILES string of the molecule is c1cc2c(s1)CCN(C[C@H]1CCCN1)C2. The summed E-state index contributed by atoms with van der Waals surface area (Å²) in [7, 11) is 0. The van der Waals surface area contributed by atoms with Crippen molar-refractivity contribution in [1.82, 2.24) is 10.2 Å². The summed E-state index contributed by atoms with van der Waals surface area (Å²) in [6, 6.07) is 3.05. The van der Waals surface area contributed by atoms with Gasteiger partial charge in [-0.1, -0.05) is 0 Å². The zero-order valence-electron chi connectivity index (χ0n) is 9.04. The average molecular weight is 222 g/mol. The zero-order chi connectivity index (χ0) is 10.1. The second-order valence-electron chi connectivity index (χ2n) is 4.65. The Bertz CT molecular complexity index is 328. The van der Waals surface area contributed by atoms with E-state index in [1.54, 1.807) is 10.4 Å². The molecule has 0 saturated carbocycles. The molecule has 2 aliphatic rings. The summed E-state index contributed by atoms with van der Waals surface area (Å²) in [5, 5.41) is 5.82. The Morgan fingerprint density at radius 3 is 3.40 bits per heavy atom. The first-order valence-corrected chi connectivity index (χ1v) is 6.81. The Hall–Kier alpha value is -0.380. The summed E-state index contributed by atoms with van der Waals surface area (Å²) in [5.41, 5.74) is 1.57. The Morgan fingerprint density at radius 1 is 1.53 bits per heavy atom. The quantitative estimate of drug-likeness (QED) is 0.821. The lowest BCUT2D eigenvalue weighted by molar-refractivity contribution is 0.233. The van der Waals surface area contributed by atoms with E-state index in [1.165, 1.54) is 45.4 Å². The highest BCUT2D eigenvalue weighted by Crippen LogP contribution is 2.24. The molecule has 15 heavy (non-hydrogen) atoms. The molecule has 82 valence electrons. The molecule has 0 spiro atoms. The highest BCUT2D eigenvalue weighted by molar-refractivity contribution is 7.10. The lowest BCUT2D eigenvalue weighted by Gasteiger charge is -2.29. The Kier molecular flexibility index (Phi) is 2.77. The van der Waals surface area contributed by atoms with Crippen LogP contribution in [0, 0.1) is 0 Å². The summed E-state index contributed by atoms with van der Waals surface area (Å²) in [5.74, 6) is 0. The van der Waals surface area contributed by atoms with Crippen molar-refractivity contribution in [3.8, 4) is 0 Å². The maximum Gasteiger partial charge on any atom is 0.0245 e. The van der Waals surface area contributed by atoms with Crippen LogP contribution in [0.15, 0.2) is 11.4 Å². The van der Waals surface area contributed by atoms with E-state index in [2.05, 4.69) is 21.7 Å². The van der Waals surface area contributed by atoms with Crippen LogP contribution in [0.1, 0.15) is 23.3 Å². The molecular weight excluding hydrogens is 204 g/mol. The third kappa shape index (κ3) is 2.10. The molecule has 1 aromatic heterocycles. The van der Waals surface area contributed by atoms with E-state index >= 15 is 0 Å². The zero-order valence-corrected chi connectivity index (χ0v) is 9.85. The van der Waals surface area contributed by atoms with Gasteiger partial charge in [0.1, 0.15) is 0 Å². The second kappa shape index (κ2) is 4.24. The van der Waals surface area contributed by atoms with E-state index in [-0.39, 0.29) is 0 Å². The largest absolute Gasteiger partial charge is 0.313 e. The van der Waals surface area contributed by atoms with Crippen molar-refractivity contribution in [3.63, 3.8) is 0 Å². The summed E-state index contributed by atoms with van der Waals surface area (Å²) in [6.07, 6.45) is 3.99. The molecule has 2 nitrogen and oxygen atoms in total. The summed E-state index contributed by atoms with van der Waals surface area (Å²) in [6.45, 7) is 4.90. The molecule has 1 aromatic rings. The molecule has 3 heterocycles. The first kappa shape index (κ1) is 9.82. The maximum absolute atomic E-state index is 3.58. The normalized spacial score (nSPS) is 26.8. The molecule has 0 radical (unpaired) electrons. The molecule has 0 bridgehead atoms. The van der Waals surface area contributed by atoms with E-state index in [1.807, 2.05) is 11.3 Å². The van der Waals surface area contributed by atoms with Gasteiger partial charge in [0, 0.05) is 30.6 Å². The average Bonchev–Trinajstić information content (AvgIpc) is 2.87. The molecule has 3 rings (SSSR count). The van der Waals surface area contributed by atoms with Crippen molar-refractivity contribution in [1.29, 1.82) is 0 Å². The Morgan fingerprint density at radius 2 is 2.53 bits per heavy atom. The smallest absolute Gasteiger partial charge is 0.0245 e. The minimum atomic E-state index is 0.755. The molecular formula is C12H18N2S. The summed E-state index contributed by atoms with van der Waals surface area (Å²) >= 11 is 1.93. The van der Waals surface area contributed by atoms with Gasteiger partial charge in [-0.25, -0.2) is 0 Å². The van der Waals surface area contributed by atoms with Crippen molar-refractivity contribution in [3.05, 3.63) is 21.9 Å². The van der Waals surface area contributed by atoms with Crippen LogP contribution in [0.3, 0.4) is 0 Å². The Balaban J connectivity index is 1.61. The van der Waals surface area contributed by atoms with Gasteiger partial charge >= 0.3 is 0 Å². The van der Waals surface area contributed by atoms with E-state index in [4.69, 9.17) is 0 Å². The molecule has 0 aliphatic carbocycles. The van der Waals surface area contributed by atoms with Gasteiger partial charge in [0.25, 0.3) is 0 Å². The van der Waals surface area contributed by atoms with Crippen LogP contribution in [0.4, 0.5) is 0 Å². The number of rotatable bonds is 2. The van der Waals surface area contributed by atoms with Crippen LogP contribution in [-0.4, -0.2) is 30.6 Å². The van der Waals surface area contributed by atoms with Gasteiger partial charge in [-0.3, -0.25) is 4.90 Å². The number of fused-ring (bicyclic) bond motifs is 1. The minimum absolute atomic E-state index is 0.755. The highest BCUT2D eigenvalue weighted by atomic mass is 32.1. The topological polar surface area (TPSA) is 15.3 Å². The fraction of sp³-hybridized carbons (Fsp3) is 0.667. The molecule has 0 unspecified atom stereocenters. The van der Waals surface area contributed by atoms with Crippen LogP contribution in [0.2, 0.25) is 0 Å². The van der Waals surface area contributed by atoms with Gasteiger partial charge in [0.15, 0.2) is 0 Å². The van der Waals surface area contributed by atoms with Gasteiger partial charge in [-0.2, -0.15) is 0 Å². The number of thiophene rings is 1. The third-order valence-electron chi connectivity index (χ3n) is 3.53.